The van der Waals surface area contributed by atoms with E-state index in [0.717, 1.165) is 36.7 Å². The molecule has 0 spiro atoms. The molecule has 2 unspecified atom stereocenters. The molecule has 2 aliphatic rings. The van der Waals surface area contributed by atoms with E-state index in [-0.39, 0.29) is 6.10 Å². The topological polar surface area (TPSA) is 30.5 Å². The number of nitrogens with one attached hydrogen (secondary N) is 1. The molecule has 110 valence electrons. The van der Waals surface area contributed by atoms with Crippen molar-refractivity contribution in [1.29, 1.82) is 0 Å². The van der Waals surface area contributed by atoms with Crippen LogP contribution in [-0.2, 0) is 4.74 Å². The molecule has 1 N–H and O–H groups in total. The predicted octanol–water partition coefficient (Wildman–Crippen LogP) is 3.33. The first-order chi connectivity index (χ1) is 9.70. The van der Waals surface area contributed by atoms with E-state index in [1.54, 1.807) is 0 Å². The summed E-state index contributed by atoms with van der Waals surface area (Å²) in [7, 11) is 0. The second-order valence-electron chi connectivity index (χ2n) is 5.88. The van der Waals surface area contributed by atoms with E-state index >= 15 is 0 Å². The number of benzene rings is 1. The summed E-state index contributed by atoms with van der Waals surface area (Å²) in [5.41, 5.74) is 1.16. The summed E-state index contributed by atoms with van der Waals surface area (Å²) in [5.74, 6) is 0.759. The largest absolute Gasteiger partial charge is 0.489 e. The molecule has 1 aliphatic carbocycles. The molecular weight excluding hydrogens is 274 g/mol. The lowest BCUT2D eigenvalue weighted by Crippen LogP contribution is -2.29. The molecule has 2 atom stereocenters. The summed E-state index contributed by atoms with van der Waals surface area (Å²) in [6, 6.07) is 6.59. The molecule has 3 rings (SSSR count). The van der Waals surface area contributed by atoms with Crippen LogP contribution in [0.4, 0.5) is 0 Å². The monoisotopic (exact) mass is 295 g/mol. The molecule has 3 nitrogen and oxygen atoms in total. The van der Waals surface area contributed by atoms with Gasteiger partial charge in [-0.2, -0.15) is 0 Å². The first kappa shape index (κ1) is 14.2. The van der Waals surface area contributed by atoms with E-state index in [1.807, 2.05) is 25.1 Å². The SMILES string of the molecule is Cc1ccc(Cl)c(OCC2CCC(CNC3CC3)O2)c1. The van der Waals surface area contributed by atoms with Gasteiger partial charge in [-0.05, 0) is 50.3 Å². The lowest BCUT2D eigenvalue weighted by atomic mass is 10.2. The molecule has 1 aromatic rings. The number of hydrogen-bond donors (Lipinski definition) is 1. The molecule has 1 aromatic carbocycles. The fourth-order valence-corrected chi connectivity index (χ4v) is 2.71. The highest BCUT2D eigenvalue weighted by molar-refractivity contribution is 6.32. The van der Waals surface area contributed by atoms with Gasteiger partial charge in [-0.15, -0.1) is 0 Å². The average Bonchev–Trinajstić information content (AvgIpc) is 3.16. The third-order valence-electron chi connectivity index (χ3n) is 3.92. The molecule has 4 heteroatoms. The third kappa shape index (κ3) is 3.87. The standard InChI is InChI=1S/C16H22ClNO2/c1-11-2-7-15(17)16(8-11)19-10-14-6-5-13(20-14)9-18-12-3-4-12/h2,7-8,12-14,18H,3-6,9-10H2,1H3. The van der Waals surface area contributed by atoms with Crippen molar-refractivity contribution in [2.24, 2.45) is 0 Å². The maximum absolute atomic E-state index is 6.13. The second-order valence-corrected chi connectivity index (χ2v) is 6.29. The highest BCUT2D eigenvalue weighted by Crippen LogP contribution is 2.27. The minimum Gasteiger partial charge on any atom is -0.489 e. The van der Waals surface area contributed by atoms with E-state index < -0.39 is 0 Å². The lowest BCUT2D eigenvalue weighted by molar-refractivity contribution is 0.0184. The summed E-state index contributed by atoms with van der Waals surface area (Å²) in [6.07, 6.45) is 5.38. The van der Waals surface area contributed by atoms with Gasteiger partial charge in [0, 0.05) is 12.6 Å². The first-order valence-electron chi connectivity index (χ1n) is 7.48. The van der Waals surface area contributed by atoms with Crippen molar-refractivity contribution in [1.82, 2.24) is 5.32 Å². The molecule has 0 amide bonds. The molecule has 1 aliphatic heterocycles. The maximum atomic E-state index is 6.13. The van der Waals surface area contributed by atoms with Gasteiger partial charge in [-0.3, -0.25) is 0 Å². The van der Waals surface area contributed by atoms with Crippen LogP contribution >= 0.6 is 11.6 Å². The molecule has 0 aromatic heterocycles. The molecule has 0 radical (unpaired) electrons. The van der Waals surface area contributed by atoms with Crippen molar-refractivity contribution in [3.63, 3.8) is 0 Å². The quantitative estimate of drug-likeness (QED) is 0.873. The Hall–Kier alpha value is -0.770. The molecule has 0 bridgehead atoms. The molecule has 1 heterocycles. The third-order valence-corrected chi connectivity index (χ3v) is 4.23. The predicted molar refractivity (Wildman–Crippen MR) is 80.6 cm³/mol. The van der Waals surface area contributed by atoms with E-state index in [9.17, 15) is 0 Å². The summed E-state index contributed by atoms with van der Waals surface area (Å²) < 4.78 is 11.8. The Labute approximate surface area is 125 Å². The van der Waals surface area contributed by atoms with Gasteiger partial charge in [0.15, 0.2) is 0 Å². The Balaban J connectivity index is 1.43. The normalized spacial score (nSPS) is 25.9. The summed E-state index contributed by atoms with van der Waals surface area (Å²) >= 11 is 6.13. The highest BCUT2D eigenvalue weighted by atomic mass is 35.5. The number of halogens is 1. The Bertz CT molecular complexity index is 462. The van der Waals surface area contributed by atoms with Crippen molar-refractivity contribution in [2.45, 2.75) is 50.9 Å². The smallest absolute Gasteiger partial charge is 0.138 e. The molecule has 1 saturated carbocycles. The van der Waals surface area contributed by atoms with Gasteiger partial charge in [0.05, 0.1) is 17.2 Å². The van der Waals surface area contributed by atoms with E-state index in [4.69, 9.17) is 21.1 Å². The van der Waals surface area contributed by atoms with Crippen molar-refractivity contribution in [3.05, 3.63) is 28.8 Å². The van der Waals surface area contributed by atoms with Gasteiger partial charge in [-0.1, -0.05) is 17.7 Å². The van der Waals surface area contributed by atoms with E-state index in [1.165, 1.54) is 12.8 Å². The van der Waals surface area contributed by atoms with Crippen LogP contribution in [0, 0.1) is 6.92 Å². The zero-order chi connectivity index (χ0) is 13.9. The van der Waals surface area contributed by atoms with Crippen molar-refractivity contribution >= 4 is 11.6 Å². The fraction of sp³-hybridized carbons (Fsp3) is 0.625. The van der Waals surface area contributed by atoms with Gasteiger partial charge in [0.1, 0.15) is 12.4 Å². The van der Waals surface area contributed by atoms with Gasteiger partial charge < -0.3 is 14.8 Å². The van der Waals surface area contributed by atoms with Crippen molar-refractivity contribution < 1.29 is 9.47 Å². The van der Waals surface area contributed by atoms with Crippen LogP contribution in [0.1, 0.15) is 31.2 Å². The Morgan fingerprint density at radius 3 is 2.85 bits per heavy atom. The zero-order valence-electron chi connectivity index (χ0n) is 11.9. The minimum absolute atomic E-state index is 0.192. The summed E-state index contributed by atoms with van der Waals surface area (Å²) in [5, 5.41) is 4.19. The van der Waals surface area contributed by atoms with Crippen LogP contribution in [0.3, 0.4) is 0 Å². The van der Waals surface area contributed by atoms with Crippen LogP contribution in [0.25, 0.3) is 0 Å². The number of ether oxygens (including phenoxy) is 2. The number of hydrogen-bond acceptors (Lipinski definition) is 3. The number of rotatable bonds is 6. The number of aryl methyl sites for hydroxylation is 1. The maximum Gasteiger partial charge on any atom is 0.138 e. The van der Waals surface area contributed by atoms with Crippen molar-refractivity contribution in [3.8, 4) is 5.75 Å². The van der Waals surface area contributed by atoms with Crippen LogP contribution in [0.15, 0.2) is 18.2 Å². The first-order valence-corrected chi connectivity index (χ1v) is 7.86. The van der Waals surface area contributed by atoms with Gasteiger partial charge in [-0.25, -0.2) is 0 Å². The van der Waals surface area contributed by atoms with E-state index in [2.05, 4.69) is 5.32 Å². The van der Waals surface area contributed by atoms with Gasteiger partial charge in [0.25, 0.3) is 0 Å². The van der Waals surface area contributed by atoms with E-state index in [0.29, 0.717) is 17.7 Å². The summed E-state index contributed by atoms with van der Waals surface area (Å²) in [4.78, 5) is 0. The van der Waals surface area contributed by atoms with Gasteiger partial charge >= 0.3 is 0 Å². The minimum atomic E-state index is 0.192. The molecule has 2 fully saturated rings. The van der Waals surface area contributed by atoms with Crippen LogP contribution in [0.5, 0.6) is 5.75 Å². The second kappa shape index (κ2) is 6.33. The summed E-state index contributed by atoms with van der Waals surface area (Å²) in [6.45, 7) is 3.60. The van der Waals surface area contributed by atoms with Crippen molar-refractivity contribution in [2.75, 3.05) is 13.2 Å². The fourth-order valence-electron chi connectivity index (χ4n) is 2.54. The van der Waals surface area contributed by atoms with Crippen LogP contribution < -0.4 is 10.1 Å². The molecule has 1 saturated heterocycles. The molecular formula is C16H22ClNO2. The van der Waals surface area contributed by atoms with Crippen LogP contribution in [0.2, 0.25) is 5.02 Å². The Morgan fingerprint density at radius 2 is 2.05 bits per heavy atom. The Morgan fingerprint density at radius 1 is 1.25 bits per heavy atom. The molecule has 20 heavy (non-hydrogen) atoms. The Kier molecular flexibility index (Phi) is 4.49. The highest BCUT2D eigenvalue weighted by Gasteiger charge is 2.28. The average molecular weight is 296 g/mol. The zero-order valence-corrected chi connectivity index (χ0v) is 12.7. The lowest BCUT2D eigenvalue weighted by Gasteiger charge is -2.16. The van der Waals surface area contributed by atoms with Gasteiger partial charge in [0.2, 0.25) is 0 Å². The van der Waals surface area contributed by atoms with Crippen LogP contribution in [-0.4, -0.2) is 31.4 Å².